The van der Waals surface area contributed by atoms with Crippen molar-refractivity contribution >= 4 is 23.0 Å². The summed E-state index contributed by atoms with van der Waals surface area (Å²) in [5, 5.41) is 4.16. The molecule has 0 aliphatic rings. The minimum atomic E-state index is 0.129. The molecule has 1 aromatic rings. The predicted octanol–water partition coefficient (Wildman–Crippen LogP) is 1.26. The van der Waals surface area contributed by atoms with E-state index in [0.717, 1.165) is 11.3 Å². The predicted molar refractivity (Wildman–Crippen MR) is 71.7 cm³/mol. The summed E-state index contributed by atoms with van der Waals surface area (Å²) in [6.07, 6.45) is 0. The van der Waals surface area contributed by atoms with E-state index >= 15 is 0 Å². The fourth-order valence-electron chi connectivity index (χ4n) is 1.26. The van der Waals surface area contributed by atoms with E-state index in [2.05, 4.69) is 22.7 Å². The molecule has 0 fully saturated rings. The smallest absolute Gasteiger partial charge is 0.184 e. The lowest BCUT2D eigenvalue weighted by atomic mass is 10.1. The van der Waals surface area contributed by atoms with Crippen LogP contribution in [0.3, 0.4) is 0 Å². The molecule has 0 bridgehead atoms. The van der Waals surface area contributed by atoms with Gasteiger partial charge in [-0.15, -0.1) is 0 Å². The second-order valence-corrected chi connectivity index (χ2v) is 3.68. The van der Waals surface area contributed by atoms with Crippen molar-refractivity contribution in [2.75, 3.05) is 14.2 Å². The standard InChI is InChI=1S/C11H15N3O2S/c1-7(13-14-11(12)17)8-4-5-9(15-2)10(6-8)16-3/h4-6H,1-3H3,(H3,12,14,17). The molecule has 0 radical (unpaired) electrons. The van der Waals surface area contributed by atoms with Gasteiger partial charge in [0.1, 0.15) is 0 Å². The number of rotatable bonds is 4. The molecule has 0 saturated carbocycles. The molecule has 0 unspecified atom stereocenters. The van der Waals surface area contributed by atoms with Crippen LogP contribution in [0.15, 0.2) is 23.3 Å². The third kappa shape index (κ3) is 3.60. The van der Waals surface area contributed by atoms with Crippen LogP contribution in [-0.4, -0.2) is 25.0 Å². The first kappa shape index (κ1) is 13.2. The van der Waals surface area contributed by atoms with E-state index < -0.39 is 0 Å². The summed E-state index contributed by atoms with van der Waals surface area (Å²) in [6.45, 7) is 1.84. The second-order valence-electron chi connectivity index (χ2n) is 3.24. The molecule has 0 amide bonds. The van der Waals surface area contributed by atoms with Crippen LogP contribution in [-0.2, 0) is 0 Å². The Morgan fingerprint density at radius 1 is 1.29 bits per heavy atom. The number of nitrogens with one attached hydrogen (secondary N) is 1. The quantitative estimate of drug-likeness (QED) is 0.480. The second kappa shape index (κ2) is 6.05. The molecule has 0 aliphatic heterocycles. The molecule has 0 spiro atoms. The van der Waals surface area contributed by atoms with Gasteiger partial charge in [-0.05, 0) is 37.3 Å². The lowest BCUT2D eigenvalue weighted by Gasteiger charge is -2.09. The van der Waals surface area contributed by atoms with Crippen LogP contribution in [0, 0.1) is 0 Å². The molecule has 0 atom stereocenters. The largest absolute Gasteiger partial charge is 0.493 e. The van der Waals surface area contributed by atoms with Crippen LogP contribution < -0.4 is 20.6 Å². The van der Waals surface area contributed by atoms with E-state index in [1.807, 2.05) is 25.1 Å². The maximum Gasteiger partial charge on any atom is 0.184 e. The van der Waals surface area contributed by atoms with Crippen LogP contribution in [0.25, 0.3) is 0 Å². The molecule has 1 rings (SSSR count). The number of thiocarbonyl (C=S) groups is 1. The zero-order chi connectivity index (χ0) is 12.8. The number of nitrogens with two attached hydrogens (primary N) is 1. The summed E-state index contributed by atoms with van der Waals surface area (Å²) in [5.74, 6) is 1.32. The van der Waals surface area contributed by atoms with Gasteiger partial charge in [-0.2, -0.15) is 5.10 Å². The molecule has 17 heavy (non-hydrogen) atoms. The Morgan fingerprint density at radius 3 is 2.47 bits per heavy atom. The van der Waals surface area contributed by atoms with Gasteiger partial charge in [-0.1, -0.05) is 0 Å². The summed E-state index contributed by atoms with van der Waals surface area (Å²) in [5.41, 5.74) is 9.47. The topological polar surface area (TPSA) is 68.9 Å². The van der Waals surface area contributed by atoms with E-state index in [-0.39, 0.29) is 5.11 Å². The third-order valence-corrected chi connectivity index (χ3v) is 2.23. The highest BCUT2D eigenvalue weighted by atomic mass is 32.1. The molecule has 0 saturated heterocycles. The normalized spacial score (nSPS) is 10.9. The number of methoxy groups -OCH3 is 2. The summed E-state index contributed by atoms with van der Waals surface area (Å²) in [6, 6.07) is 5.52. The Hall–Kier alpha value is -1.82. The first-order valence-corrected chi connectivity index (χ1v) is 5.31. The van der Waals surface area contributed by atoms with Crippen molar-refractivity contribution in [3.63, 3.8) is 0 Å². The van der Waals surface area contributed by atoms with Crippen LogP contribution in [0.4, 0.5) is 0 Å². The van der Waals surface area contributed by atoms with Crippen molar-refractivity contribution in [3.8, 4) is 11.5 Å². The summed E-state index contributed by atoms with van der Waals surface area (Å²) in [4.78, 5) is 0. The van der Waals surface area contributed by atoms with Gasteiger partial charge in [0.15, 0.2) is 16.6 Å². The number of benzene rings is 1. The lowest BCUT2D eigenvalue weighted by Crippen LogP contribution is -2.25. The Balaban J connectivity index is 2.99. The Labute approximate surface area is 106 Å². The molecular formula is C11H15N3O2S. The summed E-state index contributed by atoms with van der Waals surface area (Å²) >= 11 is 4.67. The fourth-order valence-corrected chi connectivity index (χ4v) is 1.31. The Morgan fingerprint density at radius 2 is 1.94 bits per heavy atom. The van der Waals surface area contributed by atoms with Gasteiger partial charge in [-0.3, -0.25) is 5.43 Å². The van der Waals surface area contributed by atoms with Crippen molar-refractivity contribution in [2.24, 2.45) is 10.8 Å². The number of hydrazone groups is 1. The first-order valence-electron chi connectivity index (χ1n) is 4.90. The lowest BCUT2D eigenvalue weighted by molar-refractivity contribution is 0.355. The first-order chi connectivity index (χ1) is 8.08. The highest BCUT2D eigenvalue weighted by Crippen LogP contribution is 2.27. The maximum absolute atomic E-state index is 5.29. The summed E-state index contributed by atoms with van der Waals surface area (Å²) < 4.78 is 10.3. The average Bonchev–Trinajstić information content (AvgIpc) is 2.34. The molecule has 1 aromatic carbocycles. The van der Waals surface area contributed by atoms with Crippen molar-refractivity contribution in [1.29, 1.82) is 0 Å². The van der Waals surface area contributed by atoms with Crippen molar-refractivity contribution in [1.82, 2.24) is 5.43 Å². The Bertz CT molecular complexity index is 446. The molecule has 0 aliphatic carbocycles. The highest BCUT2D eigenvalue weighted by Gasteiger charge is 2.06. The van der Waals surface area contributed by atoms with Gasteiger partial charge in [0.2, 0.25) is 0 Å². The van der Waals surface area contributed by atoms with E-state index in [4.69, 9.17) is 15.2 Å². The van der Waals surface area contributed by atoms with Crippen LogP contribution in [0.5, 0.6) is 11.5 Å². The van der Waals surface area contributed by atoms with Gasteiger partial charge >= 0.3 is 0 Å². The monoisotopic (exact) mass is 253 g/mol. The van der Waals surface area contributed by atoms with Crippen LogP contribution in [0.2, 0.25) is 0 Å². The number of ether oxygens (including phenoxy) is 2. The van der Waals surface area contributed by atoms with Gasteiger partial charge < -0.3 is 15.2 Å². The summed E-state index contributed by atoms with van der Waals surface area (Å²) in [7, 11) is 3.17. The molecule has 5 nitrogen and oxygen atoms in total. The zero-order valence-corrected chi connectivity index (χ0v) is 10.8. The minimum absolute atomic E-state index is 0.129. The van der Waals surface area contributed by atoms with Gasteiger partial charge in [-0.25, -0.2) is 0 Å². The van der Waals surface area contributed by atoms with Gasteiger partial charge in [0.05, 0.1) is 19.9 Å². The number of hydrogen-bond donors (Lipinski definition) is 2. The van der Waals surface area contributed by atoms with Crippen LogP contribution >= 0.6 is 12.2 Å². The minimum Gasteiger partial charge on any atom is -0.493 e. The molecular weight excluding hydrogens is 238 g/mol. The maximum atomic E-state index is 5.29. The van der Waals surface area contributed by atoms with Crippen molar-refractivity contribution in [3.05, 3.63) is 23.8 Å². The number of hydrogen-bond acceptors (Lipinski definition) is 4. The fraction of sp³-hybridized carbons (Fsp3) is 0.273. The number of nitrogens with zero attached hydrogens (tertiary/aromatic N) is 1. The van der Waals surface area contributed by atoms with E-state index in [1.54, 1.807) is 14.2 Å². The van der Waals surface area contributed by atoms with Crippen LogP contribution in [0.1, 0.15) is 12.5 Å². The zero-order valence-electron chi connectivity index (χ0n) is 9.98. The van der Waals surface area contributed by atoms with Crippen molar-refractivity contribution < 1.29 is 9.47 Å². The SMILES string of the molecule is COc1ccc(C(C)=NNC(N)=S)cc1OC. The highest BCUT2D eigenvalue weighted by molar-refractivity contribution is 7.80. The third-order valence-electron chi connectivity index (χ3n) is 2.14. The Kier molecular flexibility index (Phi) is 4.71. The molecule has 6 heteroatoms. The molecule has 92 valence electrons. The molecule has 0 aromatic heterocycles. The van der Waals surface area contributed by atoms with Gasteiger partial charge in [0, 0.05) is 5.56 Å². The van der Waals surface area contributed by atoms with E-state index in [9.17, 15) is 0 Å². The van der Waals surface area contributed by atoms with E-state index in [1.165, 1.54) is 0 Å². The van der Waals surface area contributed by atoms with E-state index in [0.29, 0.717) is 11.5 Å². The average molecular weight is 253 g/mol. The molecule has 3 N–H and O–H groups in total. The van der Waals surface area contributed by atoms with Gasteiger partial charge in [0.25, 0.3) is 0 Å². The van der Waals surface area contributed by atoms with Crippen molar-refractivity contribution in [2.45, 2.75) is 6.92 Å². The molecule has 0 heterocycles.